The first kappa shape index (κ1) is 16.6. The van der Waals surface area contributed by atoms with Gasteiger partial charge in [0.25, 0.3) is 5.91 Å². The summed E-state index contributed by atoms with van der Waals surface area (Å²) in [5.74, 6) is -1.16. The molecule has 0 saturated carbocycles. The Morgan fingerprint density at radius 3 is 2.36 bits per heavy atom. The Labute approximate surface area is 145 Å². The van der Waals surface area contributed by atoms with E-state index in [0.29, 0.717) is 28.7 Å². The van der Waals surface area contributed by atoms with Gasteiger partial charge in [0.15, 0.2) is 5.41 Å². The Hall–Kier alpha value is -3.21. The van der Waals surface area contributed by atoms with Crippen molar-refractivity contribution >= 4 is 29.4 Å². The van der Waals surface area contributed by atoms with Gasteiger partial charge in [-0.1, -0.05) is 48.5 Å². The molecule has 0 aromatic heterocycles. The van der Waals surface area contributed by atoms with Crippen molar-refractivity contribution in [3.63, 3.8) is 0 Å². The number of hydrogen-bond donors (Lipinski definition) is 0. The van der Waals surface area contributed by atoms with Gasteiger partial charge in [-0.15, -0.1) is 0 Å². The van der Waals surface area contributed by atoms with E-state index in [4.69, 9.17) is 4.74 Å². The fraction of sp³-hybridized carbons (Fsp3) is 0.150. The lowest BCUT2D eigenvalue weighted by atomic mass is 9.72. The number of benzene rings is 2. The Kier molecular flexibility index (Phi) is 4.23. The molecule has 0 N–H and O–H groups in total. The number of esters is 1. The highest BCUT2D eigenvalue weighted by atomic mass is 16.5. The zero-order valence-electron chi connectivity index (χ0n) is 13.9. The SMILES string of the molecule is COC(=O)C1(/C(=C\C=O)c2ccccc2)C(=O)N(C)c2ccccc21. The lowest BCUT2D eigenvalue weighted by Crippen LogP contribution is -2.47. The van der Waals surface area contributed by atoms with Crippen LogP contribution in [0.5, 0.6) is 0 Å². The molecule has 126 valence electrons. The zero-order valence-corrected chi connectivity index (χ0v) is 13.9. The average molecular weight is 335 g/mol. The number of anilines is 1. The van der Waals surface area contributed by atoms with E-state index in [1.165, 1.54) is 18.1 Å². The fourth-order valence-electron chi connectivity index (χ4n) is 3.40. The lowest BCUT2D eigenvalue weighted by Gasteiger charge is -2.28. The first-order chi connectivity index (χ1) is 12.1. The first-order valence-electron chi connectivity index (χ1n) is 7.76. The maximum atomic E-state index is 13.2. The van der Waals surface area contributed by atoms with Crippen LogP contribution in [0.3, 0.4) is 0 Å². The van der Waals surface area contributed by atoms with Gasteiger partial charge >= 0.3 is 5.97 Å². The second-order valence-electron chi connectivity index (χ2n) is 5.71. The van der Waals surface area contributed by atoms with Crippen LogP contribution >= 0.6 is 0 Å². The van der Waals surface area contributed by atoms with Crippen LogP contribution in [0.2, 0.25) is 0 Å². The van der Waals surface area contributed by atoms with Crippen LogP contribution in [-0.2, 0) is 24.5 Å². The monoisotopic (exact) mass is 335 g/mol. The topological polar surface area (TPSA) is 63.7 Å². The summed E-state index contributed by atoms with van der Waals surface area (Å²) < 4.78 is 5.02. The summed E-state index contributed by atoms with van der Waals surface area (Å²) in [7, 11) is 2.84. The van der Waals surface area contributed by atoms with Crippen LogP contribution in [0.4, 0.5) is 5.69 Å². The minimum absolute atomic E-state index is 0.303. The van der Waals surface area contributed by atoms with Crippen molar-refractivity contribution in [3.05, 3.63) is 71.8 Å². The fourth-order valence-corrected chi connectivity index (χ4v) is 3.40. The molecule has 1 unspecified atom stereocenters. The number of hydrogen-bond acceptors (Lipinski definition) is 4. The average Bonchev–Trinajstić information content (AvgIpc) is 2.89. The number of amides is 1. The maximum absolute atomic E-state index is 13.2. The second-order valence-corrected chi connectivity index (χ2v) is 5.71. The number of methoxy groups -OCH3 is 1. The van der Waals surface area contributed by atoms with E-state index >= 15 is 0 Å². The highest BCUT2D eigenvalue weighted by Gasteiger charge is 2.59. The highest BCUT2D eigenvalue weighted by Crippen LogP contribution is 2.49. The Balaban J connectivity index is 2.39. The molecule has 0 fully saturated rings. The molecule has 1 heterocycles. The van der Waals surface area contributed by atoms with Gasteiger partial charge in [0, 0.05) is 18.3 Å². The van der Waals surface area contributed by atoms with Crippen molar-refractivity contribution < 1.29 is 19.1 Å². The third kappa shape index (κ3) is 2.28. The van der Waals surface area contributed by atoms with Gasteiger partial charge in [0.05, 0.1) is 7.11 Å². The highest BCUT2D eigenvalue weighted by molar-refractivity contribution is 6.29. The number of para-hydroxylation sites is 1. The van der Waals surface area contributed by atoms with Crippen molar-refractivity contribution in [2.75, 3.05) is 19.1 Å². The molecule has 1 aliphatic rings. The minimum atomic E-state index is -1.71. The number of ether oxygens (including phenoxy) is 1. The van der Waals surface area contributed by atoms with E-state index < -0.39 is 17.3 Å². The van der Waals surface area contributed by atoms with E-state index in [1.807, 2.05) is 6.07 Å². The molecule has 2 aromatic carbocycles. The smallest absolute Gasteiger partial charge is 0.330 e. The van der Waals surface area contributed by atoms with Gasteiger partial charge in [0.1, 0.15) is 6.29 Å². The van der Waals surface area contributed by atoms with Gasteiger partial charge in [-0.05, 0) is 23.3 Å². The molecule has 0 aliphatic carbocycles. The van der Waals surface area contributed by atoms with Crippen molar-refractivity contribution in [2.24, 2.45) is 0 Å². The van der Waals surface area contributed by atoms with E-state index in [1.54, 1.807) is 55.6 Å². The number of carbonyl (C=O) groups excluding carboxylic acids is 3. The van der Waals surface area contributed by atoms with Crippen molar-refractivity contribution in [2.45, 2.75) is 5.41 Å². The van der Waals surface area contributed by atoms with Gasteiger partial charge in [0.2, 0.25) is 0 Å². The molecule has 1 aliphatic heterocycles. The van der Waals surface area contributed by atoms with Crippen LogP contribution in [0, 0.1) is 0 Å². The maximum Gasteiger partial charge on any atom is 0.330 e. The Morgan fingerprint density at radius 1 is 1.08 bits per heavy atom. The summed E-state index contributed by atoms with van der Waals surface area (Å²) in [5, 5.41) is 0. The first-order valence-corrected chi connectivity index (χ1v) is 7.76. The predicted molar refractivity (Wildman–Crippen MR) is 94.0 cm³/mol. The van der Waals surface area contributed by atoms with E-state index in [9.17, 15) is 14.4 Å². The van der Waals surface area contributed by atoms with E-state index in [2.05, 4.69) is 0 Å². The molecule has 0 bridgehead atoms. The van der Waals surface area contributed by atoms with E-state index in [0.717, 1.165) is 0 Å². The summed E-state index contributed by atoms with van der Waals surface area (Å²) >= 11 is 0. The molecule has 1 amide bonds. The summed E-state index contributed by atoms with van der Waals surface area (Å²) in [6, 6.07) is 15.9. The van der Waals surface area contributed by atoms with E-state index in [-0.39, 0.29) is 0 Å². The van der Waals surface area contributed by atoms with Crippen LogP contribution in [0.15, 0.2) is 60.7 Å². The molecule has 0 saturated heterocycles. The summed E-state index contributed by atoms with van der Waals surface area (Å²) in [6.07, 6.45) is 1.85. The van der Waals surface area contributed by atoms with Crippen LogP contribution in [0.25, 0.3) is 5.57 Å². The van der Waals surface area contributed by atoms with Gasteiger partial charge < -0.3 is 9.64 Å². The zero-order chi connectivity index (χ0) is 18.0. The lowest BCUT2D eigenvalue weighted by molar-refractivity contribution is -0.148. The Bertz CT molecular complexity index is 872. The molecule has 0 radical (unpaired) electrons. The van der Waals surface area contributed by atoms with Crippen molar-refractivity contribution in [3.8, 4) is 0 Å². The molecule has 25 heavy (non-hydrogen) atoms. The standard InChI is InChI=1S/C20H17NO4/c1-21-17-11-7-6-10-16(17)20(18(21)23,19(24)25-2)15(12-13-22)14-8-4-3-5-9-14/h3-13H,1-2H3/b15-12-. The predicted octanol–water partition coefficient (Wildman–Crippen LogP) is 2.36. The molecule has 1 atom stereocenters. The number of nitrogens with zero attached hydrogens (tertiary/aromatic N) is 1. The number of likely N-dealkylation sites (N-methyl/N-ethyl adjacent to an activating group) is 1. The summed E-state index contributed by atoms with van der Waals surface area (Å²) in [6.45, 7) is 0. The molecular weight excluding hydrogens is 318 g/mol. The van der Waals surface area contributed by atoms with Crippen LogP contribution in [0.1, 0.15) is 11.1 Å². The van der Waals surface area contributed by atoms with Gasteiger partial charge in [-0.3, -0.25) is 14.4 Å². The number of fused-ring (bicyclic) bond motifs is 1. The second kappa shape index (κ2) is 6.36. The summed E-state index contributed by atoms with van der Waals surface area (Å²) in [5.41, 5.74) is 0.328. The van der Waals surface area contributed by atoms with Gasteiger partial charge in [-0.2, -0.15) is 0 Å². The number of carbonyl (C=O) groups is 3. The Morgan fingerprint density at radius 2 is 1.72 bits per heavy atom. The quantitative estimate of drug-likeness (QED) is 0.372. The molecule has 5 heteroatoms. The van der Waals surface area contributed by atoms with Crippen LogP contribution < -0.4 is 4.90 Å². The number of allylic oxidation sites excluding steroid dienone is 1. The van der Waals surface area contributed by atoms with Crippen LogP contribution in [-0.4, -0.2) is 32.3 Å². The molecule has 3 rings (SSSR count). The molecule has 5 nitrogen and oxygen atoms in total. The molecule has 2 aromatic rings. The number of rotatable bonds is 4. The molecular formula is C20H17NO4. The normalized spacial score (nSPS) is 19.5. The third-order valence-electron chi connectivity index (χ3n) is 4.51. The van der Waals surface area contributed by atoms with Crippen molar-refractivity contribution in [1.82, 2.24) is 0 Å². The third-order valence-corrected chi connectivity index (χ3v) is 4.51. The largest absolute Gasteiger partial charge is 0.468 e. The minimum Gasteiger partial charge on any atom is -0.468 e. The van der Waals surface area contributed by atoms with Crippen molar-refractivity contribution in [1.29, 1.82) is 0 Å². The summed E-state index contributed by atoms with van der Waals surface area (Å²) in [4.78, 5) is 38.9. The van der Waals surface area contributed by atoms with Gasteiger partial charge in [-0.25, -0.2) is 0 Å². The number of aldehydes is 1. The molecule has 0 spiro atoms.